The van der Waals surface area contributed by atoms with E-state index < -0.39 is 6.04 Å². The van der Waals surface area contributed by atoms with Gasteiger partial charge < -0.3 is 20.4 Å². The van der Waals surface area contributed by atoms with Gasteiger partial charge >= 0.3 is 0 Å². The molecular formula is C37H46N4O3. The Kier molecular flexibility index (Phi) is 10.8. The highest BCUT2D eigenvalue weighted by Crippen LogP contribution is 2.24. The van der Waals surface area contributed by atoms with Crippen molar-refractivity contribution in [3.8, 4) is 0 Å². The minimum absolute atomic E-state index is 0. The molecule has 2 atom stereocenters. The van der Waals surface area contributed by atoms with Crippen LogP contribution in [0, 0.1) is 0 Å². The summed E-state index contributed by atoms with van der Waals surface area (Å²) in [4.78, 5) is 44.7. The Labute approximate surface area is 263 Å². The van der Waals surface area contributed by atoms with Crippen molar-refractivity contribution in [2.75, 3.05) is 33.2 Å². The Balaban J connectivity index is 0.00000288. The van der Waals surface area contributed by atoms with Gasteiger partial charge in [-0.3, -0.25) is 14.4 Å². The summed E-state index contributed by atoms with van der Waals surface area (Å²) in [5, 5.41) is 7.81. The molecule has 1 aliphatic rings. The SMILES string of the molecule is CNCC(=O)N[C@@H](CCc1ccccc1)C(=O)N1CCC[C@H]1CN(CCc1ccccc1)C(=O)c1cccc2ccccc12.[HH].[HH]. The van der Waals surface area contributed by atoms with E-state index in [1.807, 2.05) is 101 Å². The molecule has 0 saturated carbocycles. The van der Waals surface area contributed by atoms with Crippen molar-refractivity contribution in [3.63, 3.8) is 0 Å². The number of likely N-dealkylation sites (N-methyl/N-ethyl adjacent to an activating group) is 1. The average molecular weight is 595 g/mol. The number of aryl methyl sites for hydroxylation is 1. The van der Waals surface area contributed by atoms with Crippen LogP contribution in [-0.4, -0.2) is 72.8 Å². The molecule has 232 valence electrons. The highest BCUT2D eigenvalue weighted by Gasteiger charge is 2.35. The van der Waals surface area contributed by atoms with E-state index in [0.717, 1.165) is 41.2 Å². The minimum Gasteiger partial charge on any atom is -0.343 e. The van der Waals surface area contributed by atoms with E-state index >= 15 is 0 Å². The predicted molar refractivity (Wildman–Crippen MR) is 180 cm³/mol. The first-order chi connectivity index (χ1) is 21.5. The van der Waals surface area contributed by atoms with E-state index in [1.54, 1.807) is 7.05 Å². The zero-order chi connectivity index (χ0) is 30.7. The molecule has 4 aromatic rings. The fourth-order valence-electron chi connectivity index (χ4n) is 6.16. The molecule has 4 aromatic carbocycles. The molecule has 0 radical (unpaired) electrons. The Hall–Kier alpha value is -4.49. The molecular weight excluding hydrogens is 548 g/mol. The molecule has 1 heterocycles. The summed E-state index contributed by atoms with van der Waals surface area (Å²) in [7, 11) is 1.72. The predicted octanol–water partition coefficient (Wildman–Crippen LogP) is 5.34. The number of fused-ring (bicyclic) bond motifs is 1. The lowest BCUT2D eigenvalue weighted by molar-refractivity contribution is -0.137. The second-order valence-corrected chi connectivity index (χ2v) is 11.5. The highest BCUT2D eigenvalue weighted by atomic mass is 16.2. The van der Waals surface area contributed by atoms with Gasteiger partial charge in [0.05, 0.1) is 6.54 Å². The molecule has 7 heteroatoms. The van der Waals surface area contributed by atoms with Crippen molar-refractivity contribution in [2.24, 2.45) is 0 Å². The van der Waals surface area contributed by atoms with E-state index in [0.29, 0.717) is 38.0 Å². The highest BCUT2D eigenvalue weighted by molar-refractivity contribution is 6.07. The van der Waals surface area contributed by atoms with Crippen LogP contribution in [0.4, 0.5) is 0 Å². The van der Waals surface area contributed by atoms with Crippen molar-refractivity contribution in [3.05, 3.63) is 120 Å². The van der Waals surface area contributed by atoms with Gasteiger partial charge in [0.2, 0.25) is 11.8 Å². The van der Waals surface area contributed by atoms with Crippen LogP contribution in [0.5, 0.6) is 0 Å². The van der Waals surface area contributed by atoms with Crippen LogP contribution in [0.2, 0.25) is 0 Å². The first-order valence-electron chi connectivity index (χ1n) is 15.6. The maximum Gasteiger partial charge on any atom is 0.254 e. The van der Waals surface area contributed by atoms with E-state index in [1.165, 1.54) is 0 Å². The molecule has 0 aromatic heterocycles. The summed E-state index contributed by atoms with van der Waals surface area (Å²) in [5.41, 5.74) is 2.96. The van der Waals surface area contributed by atoms with Gasteiger partial charge in [-0.05, 0) is 67.1 Å². The molecule has 0 aliphatic carbocycles. The van der Waals surface area contributed by atoms with Gasteiger partial charge in [0.15, 0.2) is 0 Å². The quantitative estimate of drug-likeness (QED) is 0.219. The van der Waals surface area contributed by atoms with Crippen LogP contribution >= 0.6 is 0 Å². The lowest BCUT2D eigenvalue weighted by Gasteiger charge is -2.33. The molecule has 1 aliphatic heterocycles. The lowest BCUT2D eigenvalue weighted by Crippen LogP contribution is -2.53. The molecule has 2 N–H and O–H groups in total. The van der Waals surface area contributed by atoms with Crippen LogP contribution in [0.3, 0.4) is 0 Å². The fraction of sp³-hybridized carbons (Fsp3) is 0.324. The van der Waals surface area contributed by atoms with Crippen LogP contribution in [0.1, 0.15) is 43.6 Å². The van der Waals surface area contributed by atoms with Gasteiger partial charge in [-0.15, -0.1) is 0 Å². The number of nitrogens with zero attached hydrogens (tertiary/aromatic N) is 2. The van der Waals surface area contributed by atoms with Crippen LogP contribution < -0.4 is 10.6 Å². The number of likely N-dealkylation sites (tertiary alicyclic amines) is 1. The third kappa shape index (κ3) is 7.91. The Morgan fingerprint density at radius 1 is 0.864 bits per heavy atom. The zero-order valence-corrected chi connectivity index (χ0v) is 25.5. The topological polar surface area (TPSA) is 81.8 Å². The second-order valence-electron chi connectivity index (χ2n) is 11.5. The summed E-state index contributed by atoms with van der Waals surface area (Å²) in [6, 6.07) is 33.3. The smallest absolute Gasteiger partial charge is 0.254 e. The van der Waals surface area contributed by atoms with Crippen LogP contribution in [-0.2, 0) is 22.4 Å². The average Bonchev–Trinajstić information content (AvgIpc) is 3.53. The zero-order valence-electron chi connectivity index (χ0n) is 25.5. The normalized spacial score (nSPS) is 15.2. The first-order valence-corrected chi connectivity index (χ1v) is 15.6. The van der Waals surface area contributed by atoms with Gasteiger partial charge in [-0.25, -0.2) is 0 Å². The largest absolute Gasteiger partial charge is 0.343 e. The Bertz CT molecular complexity index is 1550. The standard InChI is InChI=1S/C37H42N4O3.2H2/c1-38-26-35(42)39-34(22-21-28-12-4-2-5-13-28)37(44)41-24-11-18-31(41)27-40(25-23-29-14-6-3-7-15-29)36(43)33-20-10-17-30-16-8-9-19-32(30)33;;/h2-10,12-17,19-20,31,34,38H,11,18,21-27H2,1H3,(H,39,42);2*1H/t31-,34-;;/m0../s1. The van der Waals surface area contributed by atoms with Crippen LogP contribution in [0.25, 0.3) is 10.8 Å². The number of amides is 3. The first kappa shape index (κ1) is 31.0. The summed E-state index contributed by atoms with van der Waals surface area (Å²) in [6.45, 7) is 1.74. The summed E-state index contributed by atoms with van der Waals surface area (Å²) in [6.07, 6.45) is 3.58. The number of carbonyl (C=O) groups excluding carboxylic acids is 3. The molecule has 3 amide bonds. The Morgan fingerprint density at radius 2 is 1.52 bits per heavy atom. The maximum atomic E-state index is 14.2. The summed E-state index contributed by atoms with van der Waals surface area (Å²) in [5.74, 6) is -0.307. The van der Waals surface area contributed by atoms with Gasteiger partial charge in [0.25, 0.3) is 5.91 Å². The van der Waals surface area contributed by atoms with Crippen molar-refractivity contribution in [2.45, 2.75) is 44.2 Å². The third-order valence-electron chi connectivity index (χ3n) is 8.45. The molecule has 0 spiro atoms. The Morgan fingerprint density at radius 3 is 2.25 bits per heavy atom. The number of benzene rings is 4. The molecule has 0 unspecified atom stereocenters. The lowest BCUT2D eigenvalue weighted by atomic mass is 10.0. The molecule has 44 heavy (non-hydrogen) atoms. The molecule has 0 bridgehead atoms. The second kappa shape index (κ2) is 15.3. The van der Waals surface area contributed by atoms with Crippen molar-refractivity contribution >= 4 is 28.5 Å². The van der Waals surface area contributed by atoms with Gasteiger partial charge in [-0.2, -0.15) is 0 Å². The fourth-order valence-corrected chi connectivity index (χ4v) is 6.16. The van der Waals surface area contributed by atoms with E-state index in [2.05, 4.69) is 22.8 Å². The molecule has 5 rings (SSSR count). The number of nitrogens with one attached hydrogen (secondary N) is 2. The number of carbonyl (C=O) groups is 3. The van der Waals surface area contributed by atoms with E-state index in [9.17, 15) is 14.4 Å². The van der Waals surface area contributed by atoms with Gasteiger partial charge in [-0.1, -0.05) is 97.1 Å². The van der Waals surface area contributed by atoms with E-state index in [-0.39, 0.29) is 33.2 Å². The van der Waals surface area contributed by atoms with Crippen molar-refractivity contribution < 1.29 is 17.2 Å². The van der Waals surface area contributed by atoms with Crippen molar-refractivity contribution in [1.29, 1.82) is 0 Å². The third-order valence-corrected chi connectivity index (χ3v) is 8.45. The summed E-state index contributed by atoms with van der Waals surface area (Å²) < 4.78 is 0. The summed E-state index contributed by atoms with van der Waals surface area (Å²) >= 11 is 0. The van der Waals surface area contributed by atoms with Gasteiger partial charge in [0, 0.05) is 34.1 Å². The maximum absolute atomic E-state index is 14.2. The number of hydrogen-bond acceptors (Lipinski definition) is 4. The molecule has 1 fully saturated rings. The molecule has 7 nitrogen and oxygen atoms in total. The molecule has 1 saturated heterocycles. The van der Waals surface area contributed by atoms with E-state index in [4.69, 9.17) is 0 Å². The minimum atomic E-state index is -0.636. The number of hydrogen-bond donors (Lipinski definition) is 2. The monoisotopic (exact) mass is 594 g/mol. The van der Waals surface area contributed by atoms with Crippen LogP contribution in [0.15, 0.2) is 103 Å². The van der Waals surface area contributed by atoms with Crippen molar-refractivity contribution in [1.82, 2.24) is 20.4 Å². The number of rotatable bonds is 13. The van der Waals surface area contributed by atoms with Gasteiger partial charge in [0.1, 0.15) is 6.04 Å².